The summed E-state index contributed by atoms with van der Waals surface area (Å²) < 4.78 is 18.2. The van der Waals surface area contributed by atoms with Gasteiger partial charge in [-0.15, -0.1) is 11.8 Å². The third-order valence-corrected chi connectivity index (χ3v) is 4.26. The average molecular weight is 305 g/mol. The standard InChI is InChI=1S/C15H16FN3OS/c16-13-3-1-12(2-4-13)10-21-15-9-14(17-11-18-15)19-5-7-20-8-6-19/h1-4,9,11H,5-8,10H2. The molecule has 110 valence electrons. The Morgan fingerprint density at radius 2 is 1.90 bits per heavy atom. The van der Waals surface area contributed by atoms with E-state index in [1.165, 1.54) is 12.1 Å². The molecule has 0 saturated carbocycles. The van der Waals surface area contributed by atoms with Crippen LogP contribution in [0.1, 0.15) is 5.56 Å². The van der Waals surface area contributed by atoms with E-state index in [0.717, 1.165) is 48.5 Å². The summed E-state index contributed by atoms with van der Waals surface area (Å²) in [5, 5.41) is 0.927. The quantitative estimate of drug-likeness (QED) is 0.641. The number of thioether (sulfide) groups is 1. The second kappa shape index (κ2) is 6.87. The van der Waals surface area contributed by atoms with Gasteiger partial charge in [0.1, 0.15) is 23.0 Å². The summed E-state index contributed by atoms with van der Waals surface area (Å²) in [6, 6.07) is 8.56. The third kappa shape index (κ3) is 3.92. The van der Waals surface area contributed by atoms with Gasteiger partial charge in [-0.2, -0.15) is 0 Å². The first kappa shape index (κ1) is 14.3. The van der Waals surface area contributed by atoms with Gasteiger partial charge in [0.15, 0.2) is 0 Å². The Labute approximate surface area is 127 Å². The minimum atomic E-state index is -0.208. The maximum Gasteiger partial charge on any atom is 0.133 e. The molecule has 1 aliphatic rings. The third-order valence-electron chi connectivity index (χ3n) is 3.26. The highest BCUT2D eigenvalue weighted by molar-refractivity contribution is 7.98. The molecular weight excluding hydrogens is 289 g/mol. The molecule has 1 saturated heterocycles. The smallest absolute Gasteiger partial charge is 0.133 e. The summed E-state index contributed by atoms with van der Waals surface area (Å²) in [7, 11) is 0. The van der Waals surface area contributed by atoms with Crippen LogP contribution in [0, 0.1) is 5.82 Å². The maximum atomic E-state index is 12.9. The number of morpholine rings is 1. The molecule has 21 heavy (non-hydrogen) atoms. The number of anilines is 1. The molecule has 2 heterocycles. The molecule has 1 aliphatic heterocycles. The Balaban J connectivity index is 1.64. The summed E-state index contributed by atoms with van der Waals surface area (Å²) in [6.07, 6.45) is 1.60. The van der Waals surface area contributed by atoms with E-state index in [4.69, 9.17) is 4.74 Å². The fourth-order valence-corrected chi connectivity index (χ4v) is 2.93. The lowest BCUT2D eigenvalue weighted by Gasteiger charge is -2.27. The minimum absolute atomic E-state index is 0.208. The first-order chi connectivity index (χ1) is 10.3. The molecule has 0 N–H and O–H groups in total. The second-order valence-electron chi connectivity index (χ2n) is 4.73. The number of nitrogens with zero attached hydrogens (tertiary/aromatic N) is 3. The lowest BCUT2D eigenvalue weighted by Crippen LogP contribution is -2.36. The molecule has 0 amide bonds. The number of rotatable bonds is 4. The zero-order valence-corrected chi connectivity index (χ0v) is 12.4. The molecule has 0 spiro atoms. The molecule has 0 aliphatic carbocycles. The summed E-state index contributed by atoms with van der Waals surface area (Å²) in [6.45, 7) is 3.20. The van der Waals surface area contributed by atoms with Crippen molar-refractivity contribution in [3.8, 4) is 0 Å². The number of hydrogen-bond acceptors (Lipinski definition) is 5. The summed E-state index contributed by atoms with van der Waals surface area (Å²) in [5.74, 6) is 1.50. The van der Waals surface area contributed by atoms with E-state index in [0.29, 0.717) is 0 Å². The van der Waals surface area contributed by atoms with Crippen LogP contribution in [0.4, 0.5) is 10.2 Å². The van der Waals surface area contributed by atoms with Crippen LogP contribution >= 0.6 is 11.8 Å². The number of benzene rings is 1. The molecule has 2 aromatic rings. The van der Waals surface area contributed by atoms with E-state index >= 15 is 0 Å². The topological polar surface area (TPSA) is 38.2 Å². The van der Waals surface area contributed by atoms with E-state index in [2.05, 4.69) is 14.9 Å². The average Bonchev–Trinajstić information content (AvgIpc) is 2.55. The molecule has 1 aromatic heterocycles. The largest absolute Gasteiger partial charge is 0.378 e. The van der Waals surface area contributed by atoms with Crippen LogP contribution in [0.25, 0.3) is 0 Å². The Kier molecular flexibility index (Phi) is 4.67. The first-order valence-corrected chi connectivity index (χ1v) is 7.82. The number of aromatic nitrogens is 2. The Morgan fingerprint density at radius 1 is 1.14 bits per heavy atom. The van der Waals surface area contributed by atoms with Gasteiger partial charge in [-0.05, 0) is 17.7 Å². The lowest BCUT2D eigenvalue weighted by atomic mass is 10.2. The number of ether oxygens (including phenoxy) is 1. The summed E-state index contributed by atoms with van der Waals surface area (Å²) >= 11 is 1.63. The molecule has 0 bridgehead atoms. The van der Waals surface area contributed by atoms with Gasteiger partial charge in [-0.25, -0.2) is 14.4 Å². The molecule has 3 rings (SSSR count). The second-order valence-corrected chi connectivity index (χ2v) is 5.72. The molecule has 0 atom stereocenters. The van der Waals surface area contributed by atoms with Crippen molar-refractivity contribution in [2.75, 3.05) is 31.2 Å². The van der Waals surface area contributed by atoms with Crippen molar-refractivity contribution in [1.29, 1.82) is 0 Å². The van der Waals surface area contributed by atoms with Gasteiger partial charge in [0.2, 0.25) is 0 Å². The maximum absolute atomic E-state index is 12.9. The van der Waals surface area contributed by atoms with Gasteiger partial charge in [-0.1, -0.05) is 12.1 Å². The predicted octanol–water partition coefficient (Wildman–Crippen LogP) is 2.74. The van der Waals surface area contributed by atoms with Gasteiger partial charge in [0.05, 0.1) is 13.2 Å². The van der Waals surface area contributed by atoms with E-state index < -0.39 is 0 Å². The van der Waals surface area contributed by atoms with Crippen molar-refractivity contribution in [3.05, 3.63) is 48.0 Å². The highest BCUT2D eigenvalue weighted by atomic mass is 32.2. The van der Waals surface area contributed by atoms with Crippen LogP contribution < -0.4 is 4.90 Å². The number of hydrogen-bond donors (Lipinski definition) is 0. The van der Waals surface area contributed by atoms with Crippen LogP contribution in [0.15, 0.2) is 41.7 Å². The molecule has 0 unspecified atom stereocenters. The highest BCUT2D eigenvalue weighted by Gasteiger charge is 2.13. The van der Waals surface area contributed by atoms with Gasteiger partial charge in [0.25, 0.3) is 0 Å². The molecule has 6 heteroatoms. The van der Waals surface area contributed by atoms with Crippen molar-refractivity contribution in [2.24, 2.45) is 0 Å². The Hall–Kier alpha value is -1.66. The SMILES string of the molecule is Fc1ccc(CSc2cc(N3CCOCC3)ncn2)cc1. The van der Waals surface area contributed by atoms with Gasteiger partial charge in [0, 0.05) is 24.9 Å². The highest BCUT2D eigenvalue weighted by Crippen LogP contribution is 2.23. The van der Waals surface area contributed by atoms with E-state index in [1.807, 2.05) is 6.07 Å². The van der Waals surface area contributed by atoms with Gasteiger partial charge >= 0.3 is 0 Å². The van der Waals surface area contributed by atoms with Crippen LogP contribution in [-0.4, -0.2) is 36.3 Å². The number of halogens is 1. The van der Waals surface area contributed by atoms with Gasteiger partial charge in [-0.3, -0.25) is 0 Å². The van der Waals surface area contributed by atoms with Gasteiger partial charge < -0.3 is 9.64 Å². The minimum Gasteiger partial charge on any atom is -0.378 e. The van der Waals surface area contributed by atoms with Crippen LogP contribution in [0.2, 0.25) is 0 Å². The fourth-order valence-electron chi connectivity index (χ4n) is 2.11. The van der Waals surface area contributed by atoms with E-state index in [9.17, 15) is 4.39 Å². The Bertz CT molecular complexity index is 588. The predicted molar refractivity (Wildman–Crippen MR) is 81.0 cm³/mol. The Morgan fingerprint density at radius 3 is 2.67 bits per heavy atom. The molecule has 0 radical (unpaired) electrons. The van der Waals surface area contributed by atoms with Crippen molar-refractivity contribution < 1.29 is 9.13 Å². The first-order valence-electron chi connectivity index (χ1n) is 6.83. The zero-order valence-electron chi connectivity index (χ0n) is 11.5. The molecule has 1 aromatic carbocycles. The molecule has 1 fully saturated rings. The fraction of sp³-hybridized carbons (Fsp3) is 0.333. The molecular formula is C15H16FN3OS. The summed E-state index contributed by atoms with van der Waals surface area (Å²) in [5.41, 5.74) is 1.08. The van der Waals surface area contributed by atoms with E-state index in [-0.39, 0.29) is 5.82 Å². The zero-order chi connectivity index (χ0) is 14.5. The lowest BCUT2D eigenvalue weighted by molar-refractivity contribution is 0.122. The normalized spacial score (nSPS) is 15.2. The summed E-state index contributed by atoms with van der Waals surface area (Å²) in [4.78, 5) is 10.8. The van der Waals surface area contributed by atoms with Crippen molar-refractivity contribution in [2.45, 2.75) is 10.8 Å². The van der Waals surface area contributed by atoms with Crippen LogP contribution in [0.5, 0.6) is 0 Å². The molecule has 4 nitrogen and oxygen atoms in total. The van der Waals surface area contributed by atoms with Crippen LogP contribution in [0.3, 0.4) is 0 Å². The van der Waals surface area contributed by atoms with Crippen molar-refractivity contribution >= 4 is 17.6 Å². The van der Waals surface area contributed by atoms with Crippen LogP contribution in [-0.2, 0) is 10.5 Å². The van der Waals surface area contributed by atoms with E-state index in [1.54, 1.807) is 30.2 Å². The van der Waals surface area contributed by atoms with Crippen molar-refractivity contribution in [3.63, 3.8) is 0 Å². The monoisotopic (exact) mass is 305 g/mol. The van der Waals surface area contributed by atoms with Crippen molar-refractivity contribution in [1.82, 2.24) is 9.97 Å².